The van der Waals surface area contributed by atoms with E-state index in [2.05, 4.69) is 184 Å². The molecule has 1 aliphatic rings. The smallest absolute Gasteiger partial charge is 0.509 e. The fourth-order valence-electron chi connectivity index (χ4n) is 8.03. The Balaban J connectivity index is 0.00000529. The van der Waals surface area contributed by atoms with Gasteiger partial charge in [-0.1, -0.05) is 133 Å². The first-order chi connectivity index (χ1) is 29.1. The summed E-state index contributed by atoms with van der Waals surface area (Å²) in [6.45, 7) is 28.0. The Morgan fingerprint density at radius 3 is 2.06 bits per heavy atom. The summed E-state index contributed by atoms with van der Waals surface area (Å²) in [6.07, 6.45) is 1.89. The summed E-state index contributed by atoms with van der Waals surface area (Å²) >= 11 is 0. The molecule has 308 valence electrons. The van der Waals surface area contributed by atoms with Gasteiger partial charge < -0.3 is 9.30 Å². The average Bonchev–Trinajstić information content (AvgIpc) is 3.79. The van der Waals surface area contributed by atoms with Gasteiger partial charge in [0, 0.05) is 41.4 Å². The molecule has 0 saturated carbocycles. The van der Waals surface area contributed by atoms with Crippen molar-refractivity contribution in [1.82, 2.24) is 18.7 Å². The maximum Gasteiger partial charge on any atom is 2.00 e. The second-order valence-electron chi connectivity index (χ2n) is 19.0. The molecule has 0 N–H and O–H groups in total. The van der Waals surface area contributed by atoms with E-state index < -0.39 is 0 Å². The number of hydrogen-bond donors (Lipinski definition) is 0. The number of nitrogens with zero attached hydrogens (tertiary/aromatic N) is 5. The number of rotatable bonds is 6. The van der Waals surface area contributed by atoms with Gasteiger partial charge in [-0.05, 0) is 78.8 Å². The summed E-state index contributed by atoms with van der Waals surface area (Å²) in [5.41, 5.74) is 11.7. The van der Waals surface area contributed by atoms with Crippen LogP contribution in [-0.4, -0.2) is 15.6 Å². The van der Waals surface area contributed by atoms with Gasteiger partial charge in [-0.25, -0.2) is 9.83 Å². The van der Waals surface area contributed by atoms with E-state index in [9.17, 15) is 0 Å². The predicted octanol–water partition coefficient (Wildman–Crippen LogP) is 14.5. The van der Waals surface area contributed by atoms with Crippen LogP contribution in [0.25, 0.3) is 43.6 Å². The van der Waals surface area contributed by atoms with Gasteiger partial charge in [0.1, 0.15) is 11.5 Å². The largest absolute Gasteiger partial charge is 2.00 e. The Kier molecular flexibility index (Phi) is 10.8. The molecule has 9 rings (SSSR count). The number of fused-ring (bicyclic) bond motifs is 4. The second-order valence-corrected chi connectivity index (χ2v) is 19.0. The summed E-state index contributed by atoms with van der Waals surface area (Å²) in [7, 11) is 0. The van der Waals surface area contributed by atoms with Gasteiger partial charge in [0.15, 0.2) is 5.69 Å². The third kappa shape index (κ3) is 7.84. The molecule has 0 fully saturated rings. The Morgan fingerprint density at radius 1 is 0.645 bits per heavy atom. The molecular formula is C55H49N5OPt+2. The van der Waals surface area contributed by atoms with E-state index in [1.165, 1.54) is 16.7 Å². The molecule has 3 heterocycles. The number of ether oxygens (including phenoxy) is 1. The summed E-state index contributed by atoms with van der Waals surface area (Å²) in [5, 5.41) is 2.20. The van der Waals surface area contributed by atoms with Crippen molar-refractivity contribution >= 4 is 56.3 Å². The molecule has 7 heteroatoms. The van der Waals surface area contributed by atoms with Gasteiger partial charge in [0.2, 0.25) is 5.69 Å². The molecule has 0 atom stereocenters. The SMILES string of the molecule is [C-]#[N+]c1cccc(-c2cccc3c2[N+](c2cc(C(C)(C)C)cc(C(C)(C)C)c2)=C=[N+]3c2[c-]c(Oc3[c-]c4c(cc3)c3ccccc3n4-c3cc(C(C)(C)C)ccn3)ccc2)c1.[Pt+2]. The zero-order chi connectivity index (χ0) is 42.8. The topological polar surface area (TPSA) is 37.4 Å². The first kappa shape index (κ1) is 42.3. The standard InChI is InChI=1S/C55H49N5O.Pt/c1-53(2,3)37-26-27-57-51(32-37)60-48-22-12-11-20-46(48)47-25-24-44(34-50(47)60)61-43-19-14-18-41(33-43)58-35-59(42-30-38(54(4,5)6)29-39(31-42)55(7,8)9)52-45(21-15-23-49(52)58)36-16-13-17-40(28-36)56-10;/h11-32H,1-9H3;/q;+2. The van der Waals surface area contributed by atoms with E-state index in [1.807, 2.05) is 48.7 Å². The van der Waals surface area contributed by atoms with Crippen LogP contribution in [-0.2, 0) is 37.3 Å². The van der Waals surface area contributed by atoms with E-state index in [4.69, 9.17) is 16.3 Å². The molecule has 6 aromatic carbocycles. The average molecular weight is 991 g/mol. The van der Waals surface area contributed by atoms with Crippen LogP contribution in [0.15, 0.2) is 134 Å². The van der Waals surface area contributed by atoms with Gasteiger partial charge in [0.05, 0.1) is 12.1 Å². The Morgan fingerprint density at radius 2 is 1.34 bits per heavy atom. The molecule has 1 aliphatic heterocycles. The monoisotopic (exact) mass is 990 g/mol. The molecular weight excluding hydrogens is 942 g/mol. The molecule has 0 saturated heterocycles. The minimum absolute atomic E-state index is 0. The van der Waals surface area contributed by atoms with Crippen molar-refractivity contribution in [3.63, 3.8) is 0 Å². The Bertz CT molecular complexity index is 3140. The Hall–Kier alpha value is -6.37. The minimum Gasteiger partial charge on any atom is -0.509 e. The van der Waals surface area contributed by atoms with Crippen molar-refractivity contribution in [2.75, 3.05) is 0 Å². The van der Waals surface area contributed by atoms with Crippen LogP contribution in [0.2, 0.25) is 0 Å². The molecule has 6 nitrogen and oxygen atoms in total. The van der Waals surface area contributed by atoms with Crippen molar-refractivity contribution in [2.45, 2.75) is 78.6 Å². The molecule has 2 aromatic heterocycles. The number of hydrogen-bond acceptors (Lipinski definition) is 2. The summed E-state index contributed by atoms with van der Waals surface area (Å²) in [5.74, 6) is 1.96. The van der Waals surface area contributed by atoms with Crippen molar-refractivity contribution in [1.29, 1.82) is 0 Å². The van der Waals surface area contributed by atoms with Crippen molar-refractivity contribution in [3.8, 4) is 28.4 Å². The van der Waals surface area contributed by atoms with Crippen LogP contribution >= 0.6 is 0 Å². The molecule has 0 radical (unpaired) electrons. The molecule has 0 amide bonds. The Labute approximate surface area is 379 Å². The fraction of sp³-hybridized carbons (Fsp3) is 0.218. The van der Waals surface area contributed by atoms with Crippen LogP contribution in [0, 0.1) is 18.7 Å². The number of pyridine rings is 1. The maximum atomic E-state index is 7.75. The van der Waals surface area contributed by atoms with E-state index >= 15 is 0 Å². The van der Waals surface area contributed by atoms with Crippen molar-refractivity contribution < 1.29 is 25.8 Å². The van der Waals surface area contributed by atoms with Gasteiger partial charge in [-0.2, -0.15) is 12.1 Å². The summed E-state index contributed by atoms with van der Waals surface area (Å²) in [4.78, 5) is 8.60. The van der Waals surface area contributed by atoms with E-state index in [1.54, 1.807) is 0 Å². The first-order valence-electron chi connectivity index (χ1n) is 20.8. The third-order valence-corrected chi connectivity index (χ3v) is 11.5. The van der Waals surface area contributed by atoms with Crippen molar-refractivity contribution in [2.24, 2.45) is 0 Å². The molecule has 8 aromatic rings. The number of para-hydroxylation sites is 2. The quantitative estimate of drug-likeness (QED) is 0.123. The van der Waals surface area contributed by atoms with Gasteiger partial charge in [-0.3, -0.25) is 0 Å². The van der Waals surface area contributed by atoms with Crippen LogP contribution < -0.4 is 13.9 Å². The molecule has 62 heavy (non-hydrogen) atoms. The molecule has 0 spiro atoms. The minimum atomic E-state index is -0.0808. The van der Waals surface area contributed by atoms with Gasteiger partial charge in [-0.15, -0.1) is 23.6 Å². The molecule has 0 aliphatic carbocycles. The number of aromatic nitrogens is 2. The van der Waals surface area contributed by atoms with Gasteiger partial charge in [0.25, 0.3) is 5.69 Å². The number of benzene rings is 6. The zero-order valence-corrected chi connectivity index (χ0v) is 38.9. The fourth-order valence-corrected chi connectivity index (χ4v) is 8.03. The van der Waals surface area contributed by atoms with Crippen LogP contribution in [0.5, 0.6) is 11.5 Å². The van der Waals surface area contributed by atoms with E-state index in [0.29, 0.717) is 17.2 Å². The van der Waals surface area contributed by atoms with Gasteiger partial charge >= 0.3 is 32.8 Å². The van der Waals surface area contributed by atoms with Crippen molar-refractivity contribution in [3.05, 3.63) is 174 Å². The zero-order valence-electron chi connectivity index (χ0n) is 36.7. The van der Waals surface area contributed by atoms with E-state index in [0.717, 1.165) is 61.5 Å². The first-order valence-corrected chi connectivity index (χ1v) is 20.8. The predicted molar refractivity (Wildman–Crippen MR) is 251 cm³/mol. The van der Waals surface area contributed by atoms with E-state index in [-0.39, 0.29) is 37.3 Å². The van der Waals surface area contributed by atoms with Crippen LogP contribution in [0.1, 0.15) is 79.0 Å². The third-order valence-electron chi connectivity index (χ3n) is 11.5. The summed E-state index contributed by atoms with van der Waals surface area (Å²) in [6, 6.07) is 54.7. The second kappa shape index (κ2) is 15.8. The van der Waals surface area contributed by atoms with Crippen LogP contribution in [0.4, 0.5) is 28.4 Å². The maximum absolute atomic E-state index is 7.75. The summed E-state index contributed by atoms with van der Waals surface area (Å²) < 4.78 is 13.0. The molecule has 0 bridgehead atoms. The van der Waals surface area contributed by atoms with Crippen LogP contribution in [0.3, 0.4) is 0 Å². The normalized spacial score (nSPS) is 12.7. The molecule has 0 unspecified atom stereocenters.